The van der Waals surface area contributed by atoms with Gasteiger partial charge in [-0.1, -0.05) is 22.0 Å². The van der Waals surface area contributed by atoms with E-state index in [4.69, 9.17) is 9.47 Å². The molecular formula is C18H16BrNO5. The summed E-state index contributed by atoms with van der Waals surface area (Å²) in [5, 5.41) is 11.7. The van der Waals surface area contributed by atoms with E-state index < -0.39 is 11.9 Å². The van der Waals surface area contributed by atoms with E-state index in [1.807, 2.05) is 0 Å². The first-order valence-corrected chi connectivity index (χ1v) is 7.98. The second-order valence-corrected chi connectivity index (χ2v) is 5.85. The number of carbonyl (C=O) groups is 2. The molecule has 0 aliphatic carbocycles. The molecule has 0 aromatic heterocycles. The Bertz CT molecular complexity index is 832. The quantitative estimate of drug-likeness (QED) is 0.713. The minimum Gasteiger partial charge on any atom is -0.493 e. The maximum atomic E-state index is 12.1. The SMILES string of the molecule is COc1ccc(C=CC(=O)Nc2cc(Br)ccc2C(=O)O)cc1OC. The van der Waals surface area contributed by atoms with Crippen LogP contribution in [-0.4, -0.2) is 31.2 Å². The molecule has 0 aliphatic heterocycles. The van der Waals surface area contributed by atoms with Crippen LogP contribution >= 0.6 is 15.9 Å². The molecule has 2 aromatic carbocycles. The van der Waals surface area contributed by atoms with Crippen molar-refractivity contribution in [2.75, 3.05) is 19.5 Å². The monoisotopic (exact) mass is 405 g/mol. The van der Waals surface area contributed by atoms with Crippen molar-refractivity contribution in [2.24, 2.45) is 0 Å². The first-order valence-electron chi connectivity index (χ1n) is 7.18. The molecule has 0 radical (unpaired) electrons. The number of ether oxygens (including phenoxy) is 2. The summed E-state index contributed by atoms with van der Waals surface area (Å²) in [5.41, 5.74) is 0.959. The smallest absolute Gasteiger partial charge is 0.337 e. The van der Waals surface area contributed by atoms with Crippen molar-refractivity contribution in [1.29, 1.82) is 0 Å². The van der Waals surface area contributed by atoms with Gasteiger partial charge in [0.05, 0.1) is 25.5 Å². The van der Waals surface area contributed by atoms with Crippen molar-refractivity contribution in [1.82, 2.24) is 0 Å². The molecule has 0 saturated carbocycles. The van der Waals surface area contributed by atoms with Crippen LogP contribution in [0.4, 0.5) is 5.69 Å². The van der Waals surface area contributed by atoms with Crippen molar-refractivity contribution < 1.29 is 24.2 Å². The van der Waals surface area contributed by atoms with E-state index in [1.54, 1.807) is 37.5 Å². The van der Waals surface area contributed by atoms with Crippen LogP contribution in [0.15, 0.2) is 46.9 Å². The highest BCUT2D eigenvalue weighted by Gasteiger charge is 2.12. The number of carbonyl (C=O) groups excluding carboxylic acids is 1. The summed E-state index contributed by atoms with van der Waals surface area (Å²) in [5.74, 6) is -0.434. The molecule has 2 rings (SSSR count). The van der Waals surface area contributed by atoms with Crippen molar-refractivity contribution in [3.8, 4) is 11.5 Å². The minimum atomic E-state index is -1.12. The number of nitrogens with one attached hydrogen (secondary N) is 1. The number of anilines is 1. The van der Waals surface area contributed by atoms with Crippen molar-refractivity contribution in [2.45, 2.75) is 0 Å². The van der Waals surface area contributed by atoms with Crippen LogP contribution in [-0.2, 0) is 4.79 Å². The molecule has 2 aromatic rings. The zero-order chi connectivity index (χ0) is 18.4. The molecule has 0 fully saturated rings. The first kappa shape index (κ1) is 18.5. The van der Waals surface area contributed by atoms with E-state index in [0.717, 1.165) is 5.56 Å². The molecule has 130 valence electrons. The summed E-state index contributed by atoms with van der Waals surface area (Å²) in [6.45, 7) is 0. The predicted molar refractivity (Wildman–Crippen MR) is 98.3 cm³/mol. The van der Waals surface area contributed by atoms with Crippen molar-refractivity contribution in [3.05, 3.63) is 58.1 Å². The number of benzene rings is 2. The zero-order valence-electron chi connectivity index (χ0n) is 13.6. The second kappa shape index (κ2) is 8.34. The maximum absolute atomic E-state index is 12.1. The summed E-state index contributed by atoms with van der Waals surface area (Å²) in [4.78, 5) is 23.3. The summed E-state index contributed by atoms with van der Waals surface area (Å²) >= 11 is 3.25. The number of rotatable bonds is 6. The standard InChI is InChI=1S/C18H16BrNO5/c1-24-15-7-3-11(9-16(15)25-2)4-8-17(21)20-14-10-12(19)5-6-13(14)18(22)23/h3-10H,1-2H3,(H,20,21)(H,22,23). The molecule has 0 unspecified atom stereocenters. The molecule has 0 saturated heterocycles. The molecule has 0 atom stereocenters. The average molecular weight is 406 g/mol. The van der Waals surface area contributed by atoms with Crippen LogP contribution in [0.1, 0.15) is 15.9 Å². The number of carboxylic acids is 1. The normalized spacial score (nSPS) is 10.5. The van der Waals surface area contributed by atoms with Crippen molar-refractivity contribution >= 4 is 39.6 Å². The zero-order valence-corrected chi connectivity index (χ0v) is 15.2. The minimum absolute atomic E-state index is 0.0102. The summed E-state index contributed by atoms with van der Waals surface area (Å²) < 4.78 is 11.0. The fraction of sp³-hybridized carbons (Fsp3) is 0.111. The third-order valence-corrected chi connectivity index (χ3v) is 3.80. The van der Waals surface area contributed by atoms with Gasteiger partial charge in [0.15, 0.2) is 11.5 Å². The summed E-state index contributed by atoms with van der Waals surface area (Å²) in [6.07, 6.45) is 2.91. The largest absolute Gasteiger partial charge is 0.493 e. The first-order chi connectivity index (χ1) is 11.9. The lowest BCUT2D eigenvalue weighted by Crippen LogP contribution is -2.12. The van der Waals surface area contributed by atoms with Gasteiger partial charge in [0, 0.05) is 10.5 Å². The van der Waals surface area contributed by atoms with Gasteiger partial charge in [0.2, 0.25) is 5.91 Å². The Kier molecular flexibility index (Phi) is 6.19. The van der Waals surface area contributed by atoms with Crippen LogP contribution in [0.5, 0.6) is 11.5 Å². The van der Waals surface area contributed by atoms with Crippen molar-refractivity contribution in [3.63, 3.8) is 0 Å². The number of carboxylic acid groups (broad SMARTS) is 1. The highest BCUT2D eigenvalue weighted by Crippen LogP contribution is 2.28. The van der Waals surface area contributed by atoms with Gasteiger partial charge >= 0.3 is 5.97 Å². The lowest BCUT2D eigenvalue weighted by atomic mass is 10.1. The topological polar surface area (TPSA) is 84.9 Å². The number of aromatic carboxylic acids is 1. The van der Waals surface area contributed by atoms with E-state index in [9.17, 15) is 14.7 Å². The molecular weight excluding hydrogens is 390 g/mol. The Morgan fingerprint density at radius 3 is 2.44 bits per heavy atom. The fourth-order valence-electron chi connectivity index (χ4n) is 2.11. The predicted octanol–water partition coefficient (Wildman–Crippen LogP) is 3.82. The lowest BCUT2D eigenvalue weighted by molar-refractivity contribution is -0.111. The molecule has 2 N–H and O–H groups in total. The molecule has 7 heteroatoms. The van der Waals surface area contributed by atoms with Crippen LogP contribution in [0.2, 0.25) is 0 Å². The Morgan fingerprint density at radius 2 is 1.80 bits per heavy atom. The van der Waals surface area contributed by atoms with E-state index in [2.05, 4.69) is 21.2 Å². The Morgan fingerprint density at radius 1 is 1.08 bits per heavy atom. The lowest BCUT2D eigenvalue weighted by Gasteiger charge is -2.08. The number of halogens is 1. The van der Waals surface area contributed by atoms with Gasteiger partial charge < -0.3 is 19.9 Å². The molecule has 1 amide bonds. The molecule has 0 heterocycles. The number of hydrogen-bond acceptors (Lipinski definition) is 4. The Hall–Kier alpha value is -2.80. The van der Waals surface area contributed by atoms with E-state index in [1.165, 1.54) is 25.3 Å². The van der Waals surface area contributed by atoms with Gasteiger partial charge in [-0.3, -0.25) is 4.79 Å². The van der Waals surface area contributed by atoms with Gasteiger partial charge in [-0.05, 0) is 42.0 Å². The molecule has 0 spiro atoms. The number of amides is 1. The van der Waals surface area contributed by atoms with Gasteiger partial charge in [-0.15, -0.1) is 0 Å². The molecule has 0 bridgehead atoms. The van der Waals surface area contributed by atoms with Gasteiger partial charge in [0.1, 0.15) is 0 Å². The number of hydrogen-bond donors (Lipinski definition) is 2. The van der Waals surface area contributed by atoms with Gasteiger partial charge in [-0.2, -0.15) is 0 Å². The van der Waals surface area contributed by atoms with E-state index >= 15 is 0 Å². The van der Waals surface area contributed by atoms with E-state index in [0.29, 0.717) is 16.0 Å². The third-order valence-electron chi connectivity index (χ3n) is 3.30. The summed E-state index contributed by atoms with van der Waals surface area (Å²) in [7, 11) is 3.07. The maximum Gasteiger partial charge on any atom is 0.337 e. The van der Waals surface area contributed by atoms with Crippen LogP contribution in [0, 0.1) is 0 Å². The van der Waals surface area contributed by atoms with Crippen LogP contribution < -0.4 is 14.8 Å². The van der Waals surface area contributed by atoms with E-state index in [-0.39, 0.29) is 11.3 Å². The third kappa shape index (κ3) is 4.84. The van der Waals surface area contributed by atoms with Gasteiger partial charge in [0.25, 0.3) is 0 Å². The fourth-order valence-corrected chi connectivity index (χ4v) is 2.47. The van der Waals surface area contributed by atoms with Crippen LogP contribution in [0.3, 0.4) is 0 Å². The van der Waals surface area contributed by atoms with Crippen LogP contribution in [0.25, 0.3) is 6.08 Å². The molecule has 0 aliphatic rings. The Labute approximate surface area is 153 Å². The summed E-state index contributed by atoms with van der Waals surface area (Å²) in [6, 6.07) is 9.77. The highest BCUT2D eigenvalue weighted by atomic mass is 79.9. The molecule has 25 heavy (non-hydrogen) atoms. The van der Waals surface area contributed by atoms with Gasteiger partial charge in [-0.25, -0.2) is 4.79 Å². The highest BCUT2D eigenvalue weighted by molar-refractivity contribution is 9.10. The number of methoxy groups -OCH3 is 2. The second-order valence-electron chi connectivity index (χ2n) is 4.93. The molecule has 6 nitrogen and oxygen atoms in total. The average Bonchev–Trinajstić information content (AvgIpc) is 2.59. The Balaban J connectivity index is 2.17.